The van der Waals surface area contributed by atoms with Crippen molar-refractivity contribution < 1.29 is 9.59 Å². The summed E-state index contributed by atoms with van der Waals surface area (Å²) in [4.78, 5) is 21.3. The molecule has 0 spiro atoms. The molecular formula is C8H15NO2S. The van der Waals surface area contributed by atoms with Gasteiger partial charge < -0.3 is 5.32 Å². The Morgan fingerprint density at radius 3 is 2.58 bits per heavy atom. The zero-order valence-corrected chi connectivity index (χ0v) is 8.37. The maximum Gasteiger partial charge on any atom is 0.216 e. The van der Waals surface area contributed by atoms with Crippen molar-refractivity contribution in [2.24, 2.45) is 0 Å². The molecule has 0 aliphatic carbocycles. The largest absolute Gasteiger partial charge is 0.356 e. The average Bonchev–Trinajstić information content (AvgIpc) is 1.98. The Morgan fingerprint density at radius 2 is 2.08 bits per heavy atom. The van der Waals surface area contributed by atoms with E-state index in [9.17, 15) is 9.59 Å². The van der Waals surface area contributed by atoms with Gasteiger partial charge in [0.25, 0.3) is 0 Å². The van der Waals surface area contributed by atoms with E-state index in [-0.39, 0.29) is 11.0 Å². The molecule has 0 heterocycles. The van der Waals surface area contributed by atoms with E-state index in [4.69, 9.17) is 0 Å². The summed E-state index contributed by atoms with van der Waals surface area (Å²) in [5, 5.41) is 2.84. The molecule has 0 aliphatic heterocycles. The van der Waals surface area contributed by atoms with Crippen LogP contribution in [0.25, 0.3) is 0 Å². The Morgan fingerprint density at radius 1 is 1.42 bits per heavy atom. The third-order valence-electron chi connectivity index (χ3n) is 1.19. The van der Waals surface area contributed by atoms with Crippen LogP contribution in [-0.2, 0) is 9.59 Å². The number of thioether (sulfide) groups is 1. The van der Waals surface area contributed by atoms with Gasteiger partial charge in [0, 0.05) is 25.6 Å². The van der Waals surface area contributed by atoms with Gasteiger partial charge in [-0.25, -0.2) is 0 Å². The van der Waals surface area contributed by atoms with E-state index >= 15 is 0 Å². The Hall–Kier alpha value is -0.510. The normalized spacial score (nSPS) is 9.50. The molecule has 0 atom stereocenters. The minimum atomic E-state index is -0.0430. The van der Waals surface area contributed by atoms with E-state index in [0.717, 1.165) is 6.42 Å². The molecule has 70 valence electrons. The molecule has 0 aliphatic rings. The monoisotopic (exact) mass is 189 g/mol. The second-order valence-corrected chi connectivity index (χ2v) is 3.61. The minimum Gasteiger partial charge on any atom is -0.356 e. The van der Waals surface area contributed by atoms with Crippen LogP contribution in [0.4, 0.5) is 0 Å². The predicted octanol–water partition coefficient (Wildman–Crippen LogP) is 1.18. The van der Waals surface area contributed by atoms with Crippen molar-refractivity contribution in [3.05, 3.63) is 0 Å². The second kappa shape index (κ2) is 7.16. The third-order valence-corrected chi connectivity index (χ3v) is 2.13. The molecule has 0 saturated heterocycles. The lowest BCUT2D eigenvalue weighted by atomic mass is 10.4. The van der Waals surface area contributed by atoms with Crippen molar-refractivity contribution in [1.29, 1.82) is 0 Å². The van der Waals surface area contributed by atoms with E-state index in [1.807, 2.05) is 6.92 Å². The van der Waals surface area contributed by atoms with Crippen LogP contribution in [-0.4, -0.2) is 23.3 Å². The third kappa shape index (κ3) is 7.60. The zero-order valence-electron chi connectivity index (χ0n) is 7.55. The fourth-order valence-corrected chi connectivity index (χ4v) is 1.45. The topological polar surface area (TPSA) is 46.2 Å². The van der Waals surface area contributed by atoms with Gasteiger partial charge in [-0.1, -0.05) is 18.7 Å². The summed E-state index contributed by atoms with van der Waals surface area (Å²) in [7, 11) is 0. The Bertz CT molecular complexity index is 159. The smallest absolute Gasteiger partial charge is 0.216 e. The summed E-state index contributed by atoms with van der Waals surface area (Å²) in [5.41, 5.74) is 0. The van der Waals surface area contributed by atoms with Crippen molar-refractivity contribution in [2.45, 2.75) is 26.7 Å². The van der Waals surface area contributed by atoms with Crippen LogP contribution in [0.5, 0.6) is 0 Å². The fourth-order valence-electron chi connectivity index (χ4n) is 0.668. The minimum absolute atomic E-state index is 0.0430. The van der Waals surface area contributed by atoms with Gasteiger partial charge in [0.2, 0.25) is 5.91 Å². The number of carbonyl (C=O) groups excluding carboxylic acids is 2. The van der Waals surface area contributed by atoms with E-state index in [2.05, 4.69) is 5.32 Å². The van der Waals surface area contributed by atoms with E-state index < -0.39 is 0 Å². The number of nitrogens with one attached hydrogen (secondary N) is 1. The summed E-state index contributed by atoms with van der Waals surface area (Å²) in [6.07, 6.45) is 1.52. The van der Waals surface area contributed by atoms with Crippen molar-refractivity contribution >= 4 is 22.8 Å². The van der Waals surface area contributed by atoms with Crippen LogP contribution in [0.15, 0.2) is 0 Å². The molecular weight excluding hydrogens is 174 g/mol. The van der Waals surface area contributed by atoms with Gasteiger partial charge in [-0.3, -0.25) is 9.59 Å². The molecule has 3 nitrogen and oxygen atoms in total. The van der Waals surface area contributed by atoms with Gasteiger partial charge in [-0.2, -0.15) is 0 Å². The molecule has 12 heavy (non-hydrogen) atoms. The molecule has 0 rings (SSSR count). The van der Waals surface area contributed by atoms with Crippen molar-refractivity contribution in [1.82, 2.24) is 5.32 Å². The lowest BCUT2D eigenvalue weighted by Gasteiger charge is -2.00. The standard InChI is InChI=1S/C8H15NO2S/c1-3-4-8(11)12-6-5-9-7(2)10/h3-6H2,1-2H3,(H,9,10). The summed E-state index contributed by atoms with van der Waals surface area (Å²) in [5.74, 6) is 0.636. The molecule has 4 heteroatoms. The molecule has 0 aromatic rings. The molecule has 0 aromatic heterocycles. The Labute approximate surface area is 77.3 Å². The quantitative estimate of drug-likeness (QED) is 0.661. The summed E-state index contributed by atoms with van der Waals surface area (Å²) < 4.78 is 0. The molecule has 1 amide bonds. The Balaban J connectivity index is 3.19. The van der Waals surface area contributed by atoms with E-state index in [1.54, 1.807) is 0 Å². The van der Waals surface area contributed by atoms with Crippen LogP contribution in [0, 0.1) is 0 Å². The summed E-state index contributed by atoms with van der Waals surface area (Å²) >= 11 is 1.29. The number of hydrogen-bond acceptors (Lipinski definition) is 3. The SMILES string of the molecule is CCCC(=O)SCCNC(C)=O. The van der Waals surface area contributed by atoms with Crippen LogP contribution in [0.1, 0.15) is 26.7 Å². The van der Waals surface area contributed by atoms with Gasteiger partial charge in [-0.15, -0.1) is 0 Å². The molecule has 1 N–H and O–H groups in total. The molecule has 0 bridgehead atoms. The maximum absolute atomic E-state index is 10.9. The highest BCUT2D eigenvalue weighted by atomic mass is 32.2. The number of rotatable bonds is 5. The van der Waals surface area contributed by atoms with Crippen molar-refractivity contribution in [2.75, 3.05) is 12.3 Å². The second-order valence-electron chi connectivity index (χ2n) is 2.45. The first-order valence-electron chi connectivity index (χ1n) is 4.07. The number of hydrogen-bond donors (Lipinski definition) is 1. The highest BCUT2D eigenvalue weighted by Gasteiger charge is 1.99. The molecule has 0 saturated carbocycles. The average molecular weight is 189 g/mol. The first-order valence-corrected chi connectivity index (χ1v) is 5.05. The first kappa shape index (κ1) is 11.5. The van der Waals surface area contributed by atoms with Gasteiger partial charge in [-0.05, 0) is 6.42 Å². The summed E-state index contributed by atoms with van der Waals surface area (Å²) in [6.45, 7) is 4.03. The lowest BCUT2D eigenvalue weighted by Crippen LogP contribution is -2.22. The molecule has 0 aromatic carbocycles. The predicted molar refractivity (Wildman–Crippen MR) is 51.1 cm³/mol. The first-order chi connectivity index (χ1) is 5.66. The molecule has 0 radical (unpaired) electrons. The van der Waals surface area contributed by atoms with E-state index in [0.29, 0.717) is 18.7 Å². The fraction of sp³-hybridized carbons (Fsp3) is 0.750. The van der Waals surface area contributed by atoms with Crippen LogP contribution in [0.2, 0.25) is 0 Å². The number of amides is 1. The van der Waals surface area contributed by atoms with Crippen molar-refractivity contribution in [3.63, 3.8) is 0 Å². The van der Waals surface area contributed by atoms with Crippen LogP contribution < -0.4 is 5.32 Å². The van der Waals surface area contributed by atoms with Gasteiger partial charge in [0.05, 0.1) is 0 Å². The molecule has 0 unspecified atom stereocenters. The van der Waals surface area contributed by atoms with Crippen LogP contribution >= 0.6 is 11.8 Å². The van der Waals surface area contributed by atoms with Gasteiger partial charge in [0.1, 0.15) is 0 Å². The van der Waals surface area contributed by atoms with Gasteiger partial charge >= 0.3 is 0 Å². The highest BCUT2D eigenvalue weighted by molar-refractivity contribution is 8.13. The van der Waals surface area contributed by atoms with Crippen molar-refractivity contribution in [3.8, 4) is 0 Å². The maximum atomic E-state index is 10.9. The Kier molecular flexibility index (Phi) is 6.85. The molecule has 0 fully saturated rings. The highest BCUT2D eigenvalue weighted by Crippen LogP contribution is 2.05. The van der Waals surface area contributed by atoms with Gasteiger partial charge in [0.15, 0.2) is 5.12 Å². The zero-order chi connectivity index (χ0) is 9.40. The lowest BCUT2D eigenvalue weighted by molar-refractivity contribution is -0.118. The number of carbonyl (C=O) groups is 2. The van der Waals surface area contributed by atoms with E-state index in [1.165, 1.54) is 18.7 Å². The van der Waals surface area contributed by atoms with Crippen LogP contribution in [0.3, 0.4) is 0 Å². The summed E-state index contributed by atoms with van der Waals surface area (Å²) in [6, 6.07) is 0.